The lowest BCUT2D eigenvalue weighted by atomic mass is 10.0. The van der Waals surface area contributed by atoms with E-state index >= 15 is 0 Å². The maximum absolute atomic E-state index is 6.19. The van der Waals surface area contributed by atoms with E-state index in [-0.39, 0.29) is 5.54 Å². The highest BCUT2D eigenvalue weighted by Crippen LogP contribution is 2.36. The monoisotopic (exact) mass is 294 g/mol. The summed E-state index contributed by atoms with van der Waals surface area (Å²) in [6.45, 7) is 3.99. The van der Waals surface area contributed by atoms with Gasteiger partial charge in [0.25, 0.3) is 0 Å². The molecule has 0 radical (unpaired) electrons. The third-order valence-electron chi connectivity index (χ3n) is 3.33. The van der Waals surface area contributed by atoms with Crippen molar-refractivity contribution >= 4 is 32.7 Å². The zero-order valence-corrected chi connectivity index (χ0v) is 11.3. The normalized spacial score (nSPS) is 24.8. The molecule has 1 saturated heterocycles. The number of anilines is 1. The second-order valence-corrected chi connectivity index (χ2v) is 5.87. The fourth-order valence-electron chi connectivity index (χ4n) is 2.47. The number of halogens is 1. The first-order valence-corrected chi connectivity index (χ1v) is 6.51. The summed E-state index contributed by atoms with van der Waals surface area (Å²) >= 11 is 3.59. The standard InChI is InChI=1S/C12H15BrN4/c1-12(14)3-5-17(7-12)10-8-2-4-15-11(8)16-6-9(10)13/h2,4,6H,3,5,7,14H2,1H3,(H,15,16). The van der Waals surface area contributed by atoms with Gasteiger partial charge in [-0.05, 0) is 35.3 Å². The SMILES string of the molecule is CC1(N)CCN(c2c(Br)cnc3[nH]ccc23)C1. The first-order chi connectivity index (χ1) is 8.07. The fraction of sp³-hybridized carbons (Fsp3) is 0.417. The van der Waals surface area contributed by atoms with Gasteiger partial charge in [-0.2, -0.15) is 0 Å². The molecule has 1 unspecified atom stereocenters. The van der Waals surface area contributed by atoms with Crippen LogP contribution in [0.15, 0.2) is 22.9 Å². The van der Waals surface area contributed by atoms with Crippen molar-refractivity contribution in [2.45, 2.75) is 18.9 Å². The van der Waals surface area contributed by atoms with Crippen molar-refractivity contribution in [2.75, 3.05) is 18.0 Å². The molecular weight excluding hydrogens is 280 g/mol. The Kier molecular flexibility index (Phi) is 2.41. The van der Waals surface area contributed by atoms with Gasteiger partial charge in [0.05, 0.1) is 10.2 Å². The average Bonchev–Trinajstić information content (AvgIpc) is 2.84. The molecule has 5 heteroatoms. The number of aromatic nitrogens is 2. The van der Waals surface area contributed by atoms with Crippen molar-refractivity contribution in [1.29, 1.82) is 0 Å². The Morgan fingerprint density at radius 3 is 3.12 bits per heavy atom. The molecule has 0 saturated carbocycles. The van der Waals surface area contributed by atoms with Crippen LogP contribution in [0, 0.1) is 0 Å². The highest BCUT2D eigenvalue weighted by atomic mass is 79.9. The van der Waals surface area contributed by atoms with Crippen LogP contribution in [0.2, 0.25) is 0 Å². The van der Waals surface area contributed by atoms with E-state index in [1.54, 1.807) is 0 Å². The van der Waals surface area contributed by atoms with Gasteiger partial charge in [-0.1, -0.05) is 0 Å². The van der Waals surface area contributed by atoms with Gasteiger partial charge in [0.2, 0.25) is 0 Å². The molecule has 1 atom stereocenters. The molecule has 2 aromatic rings. The molecule has 1 aliphatic rings. The zero-order chi connectivity index (χ0) is 12.0. The Hall–Kier alpha value is -1.07. The Morgan fingerprint density at radius 2 is 2.41 bits per heavy atom. The number of hydrogen-bond acceptors (Lipinski definition) is 3. The van der Waals surface area contributed by atoms with Crippen molar-refractivity contribution in [1.82, 2.24) is 9.97 Å². The molecule has 0 amide bonds. The summed E-state index contributed by atoms with van der Waals surface area (Å²) in [5.74, 6) is 0. The molecule has 90 valence electrons. The van der Waals surface area contributed by atoms with Crippen LogP contribution in [0.5, 0.6) is 0 Å². The van der Waals surface area contributed by atoms with Crippen LogP contribution >= 0.6 is 15.9 Å². The van der Waals surface area contributed by atoms with E-state index in [1.165, 1.54) is 5.69 Å². The van der Waals surface area contributed by atoms with E-state index in [0.717, 1.165) is 35.0 Å². The zero-order valence-electron chi connectivity index (χ0n) is 9.70. The quantitative estimate of drug-likeness (QED) is 0.848. The number of nitrogens with zero attached hydrogens (tertiary/aromatic N) is 2. The van der Waals surface area contributed by atoms with Gasteiger partial charge < -0.3 is 15.6 Å². The summed E-state index contributed by atoms with van der Waals surface area (Å²) in [7, 11) is 0. The van der Waals surface area contributed by atoms with Crippen molar-refractivity contribution < 1.29 is 0 Å². The Bertz CT molecular complexity index is 561. The maximum atomic E-state index is 6.19. The third-order valence-corrected chi connectivity index (χ3v) is 3.91. The van der Waals surface area contributed by atoms with Crippen molar-refractivity contribution in [2.24, 2.45) is 5.73 Å². The maximum Gasteiger partial charge on any atom is 0.139 e. The molecule has 0 aromatic carbocycles. The van der Waals surface area contributed by atoms with Crippen LogP contribution in [0.3, 0.4) is 0 Å². The van der Waals surface area contributed by atoms with Gasteiger partial charge in [-0.3, -0.25) is 0 Å². The number of pyridine rings is 1. The van der Waals surface area contributed by atoms with Gasteiger partial charge in [0.15, 0.2) is 0 Å². The third kappa shape index (κ3) is 1.83. The smallest absolute Gasteiger partial charge is 0.139 e. The number of aromatic amines is 1. The lowest BCUT2D eigenvalue weighted by Gasteiger charge is -2.23. The minimum atomic E-state index is -0.0919. The highest BCUT2D eigenvalue weighted by molar-refractivity contribution is 9.10. The molecule has 1 aliphatic heterocycles. The molecule has 0 aliphatic carbocycles. The molecule has 1 fully saturated rings. The second-order valence-electron chi connectivity index (χ2n) is 5.02. The van der Waals surface area contributed by atoms with Crippen LogP contribution < -0.4 is 10.6 Å². The number of nitrogens with one attached hydrogen (secondary N) is 1. The fourth-order valence-corrected chi connectivity index (χ4v) is 3.03. The number of H-pyrrole nitrogens is 1. The largest absolute Gasteiger partial charge is 0.368 e. The summed E-state index contributed by atoms with van der Waals surface area (Å²) in [6, 6.07) is 2.06. The van der Waals surface area contributed by atoms with Crippen LogP contribution in [-0.4, -0.2) is 28.6 Å². The molecule has 2 aromatic heterocycles. The first-order valence-electron chi connectivity index (χ1n) is 5.72. The van der Waals surface area contributed by atoms with E-state index < -0.39 is 0 Å². The van der Waals surface area contributed by atoms with Crippen molar-refractivity contribution in [3.05, 3.63) is 22.9 Å². The van der Waals surface area contributed by atoms with Gasteiger partial charge >= 0.3 is 0 Å². The van der Waals surface area contributed by atoms with Gasteiger partial charge in [0.1, 0.15) is 5.65 Å². The van der Waals surface area contributed by atoms with E-state index in [2.05, 4.69) is 43.8 Å². The second kappa shape index (κ2) is 3.71. The Labute approximate surface area is 108 Å². The molecule has 3 rings (SSSR count). The predicted octanol–water partition coefficient (Wildman–Crippen LogP) is 2.25. The topological polar surface area (TPSA) is 57.9 Å². The molecular formula is C12H15BrN4. The van der Waals surface area contributed by atoms with Crippen LogP contribution in [-0.2, 0) is 0 Å². The minimum absolute atomic E-state index is 0.0919. The first kappa shape index (κ1) is 11.0. The molecule has 4 nitrogen and oxygen atoms in total. The molecule has 3 heterocycles. The van der Waals surface area contributed by atoms with E-state index in [9.17, 15) is 0 Å². The predicted molar refractivity (Wildman–Crippen MR) is 73.2 cm³/mol. The Balaban J connectivity index is 2.10. The van der Waals surface area contributed by atoms with E-state index in [0.29, 0.717) is 0 Å². The van der Waals surface area contributed by atoms with Gasteiger partial charge in [0, 0.05) is 36.4 Å². The minimum Gasteiger partial charge on any atom is -0.368 e. The summed E-state index contributed by atoms with van der Waals surface area (Å²) in [4.78, 5) is 9.83. The molecule has 17 heavy (non-hydrogen) atoms. The highest BCUT2D eigenvalue weighted by Gasteiger charge is 2.31. The summed E-state index contributed by atoms with van der Waals surface area (Å²) in [5.41, 5.74) is 8.23. The van der Waals surface area contributed by atoms with Crippen molar-refractivity contribution in [3.8, 4) is 0 Å². The lowest BCUT2D eigenvalue weighted by molar-refractivity contribution is 0.525. The van der Waals surface area contributed by atoms with Crippen molar-refractivity contribution in [3.63, 3.8) is 0 Å². The van der Waals surface area contributed by atoms with Crippen LogP contribution in [0.1, 0.15) is 13.3 Å². The molecule has 0 bridgehead atoms. The number of rotatable bonds is 1. The van der Waals surface area contributed by atoms with Gasteiger partial charge in [-0.25, -0.2) is 4.98 Å². The number of hydrogen-bond donors (Lipinski definition) is 2. The lowest BCUT2D eigenvalue weighted by Crippen LogP contribution is -2.39. The molecule has 3 N–H and O–H groups in total. The van der Waals surface area contributed by atoms with Crippen LogP contribution in [0.25, 0.3) is 11.0 Å². The van der Waals surface area contributed by atoms with E-state index in [4.69, 9.17) is 5.73 Å². The molecule has 0 spiro atoms. The van der Waals surface area contributed by atoms with E-state index in [1.807, 2.05) is 12.4 Å². The van der Waals surface area contributed by atoms with Gasteiger partial charge in [-0.15, -0.1) is 0 Å². The van der Waals surface area contributed by atoms with Crippen LogP contribution in [0.4, 0.5) is 5.69 Å². The Morgan fingerprint density at radius 1 is 1.59 bits per heavy atom. The number of fused-ring (bicyclic) bond motifs is 1. The average molecular weight is 295 g/mol. The summed E-state index contributed by atoms with van der Waals surface area (Å²) in [5, 5.41) is 1.15. The number of nitrogens with two attached hydrogens (primary N) is 1. The summed E-state index contributed by atoms with van der Waals surface area (Å²) < 4.78 is 1.03. The summed E-state index contributed by atoms with van der Waals surface area (Å²) in [6.07, 6.45) is 4.79.